The summed E-state index contributed by atoms with van der Waals surface area (Å²) in [5, 5.41) is 3.17. The molecule has 1 aliphatic carbocycles. The van der Waals surface area contributed by atoms with E-state index in [-0.39, 0.29) is 42.1 Å². The van der Waals surface area contributed by atoms with Gasteiger partial charge in [-0.05, 0) is 98.9 Å². The Hall–Kier alpha value is -2.60. The quantitative estimate of drug-likeness (QED) is 0.471. The Kier molecular flexibility index (Phi) is 6.40. The molecular formula is C25H27FIN5O3. The van der Waals surface area contributed by atoms with E-state index in [1.54, 1.807) is 6.07 Å². The summed E-state index contributed by atoms with van der Waals surface area (Å²) in [4.78, 5) is 45.8. The molecule has 8 nitrogen and oxygen atoms in total. The number of carbonyl (C=O) groups is 1. The number of nitrogens with zero attached hydrogens (tertiary/aromatic N) is 4. The second kappa shape index (κ2) is 9.81. The summed E-state index contributed by atoms with van der Waals surface area (Å²) in [6.45, 7) is 0.765. The van der Waals surface area contributed by atoms with E-state index in [9.17, 15) is 18.8 Å². The predicted molar refractivity (Wildman–Crippen MR) is 139 cm³/mol. The lowest BCUT2D eigenvalue weighted by atomic mass is 9.90. The van der Waals surface area contributed by atoms with Crippen molar-refractivity contribution in [2.45, 2.75) is 56.7 Å². The van der Waals surface area contributed by atoms with Crippen molar-refractivity contribution < 1.29 is 10.6 Å². The van der Waals surface area contributed by atoms with Crippen LogP contribution in [0.15, 0.2) is 46.1 Å². The molecule has 10 heteroatoms. The minimum atomic E-state index is -0.640. The van der Waals surface area contributed by atoms with Gasteiger partial charge in [-0.15, -0.1) is 0 Å². The highest BCUT2D eigenvalue weighted by Crippen LogP contribution is 2.28. The van der Waals surface area contributed by atoms with Crippen molar-refractivity contribution in [2.24, 2.45) is 0 Å². The van der Waals surface area contributed by atoms with E-state index in [2.05, 4.69) is 32.9 Å². The van der Waals surface area contributed by atoms with Gasteiger partial charge in [-0.3, -0.25) is 19.1 Å². The lowest BCUT2D eigenvalue weighted by Crippen LogP contribution is -2.48. The molecule has 2 aliphatic rings. The van der Waals surface area contributed by atoms with Gasteiger partial charge in [-0.1, -0.05) is 6.07 Å². The van der Waals surface area contributed by atoms with E-state index >= 15 is 0 Å². The zero-order valence-electron chi connectivity index (χ0n) is 20.1. The Morgan fingerprint density at radius 2 is 2.00 bits per heavy atom. The third kappa shape index (κ3) is 4.65. The third-order valence-electron chi connectivity index (χ3n) is 7.03. The van der Waals surface area contributed by atoms with Gasteiger partial charge in [0.15, 0.2) is 5.65 Å². The molecule has 2 fully saturated rings. The molecule has 0 bridgehead atoms. The number of amides is 1. The fraction of sp³-hybridized carbons (Fsp3) is 0.440. The van der Waals surface area contributed by atoms with Crippen LogP contribution >= 0.6 is 22.6 Å². The maximum Gasteiger partial charge on any atom is 0.337 e. The van der Waals surface area contributed by atoms with Crippen molar-refractivity contribution in [3.05, 3.63) is 66.8 Å². The van der Waals surface area contributed by atoms with Gasteiger partial charge in [0.2, 0.25) is 5.91 Å². The molecule has 1 aromatic carbocycles. The average molecular weight is 592 g/mol. The first kappa shape index (κ1) is 22.8. The summed E-state index contributed by atoms with van der Waals surface area (Å²) in [6, 6.07) is 7.75. The Morgan fingerprint density at radius 1 is 1.20 bits per heavy atom. The van der Waals surface area contributed by atoms with E-state index in [0.717, 1.165) is 35.2 Å². The Bertz CT molecular complexity index is 1420. The van der Waals surface area contributed by atoms with Crippen LogP contribution in [0.3, 0.4) is 0 Å². The molecule has 1 saturated carbocycles. The molecular weight excluding hydrogens is 564 g/mol. The van der Waals surface area contributed by atoms with Crippen LogP contribution in [0.4, 0.5) is 4.39 Å². The molecule has 35 heavy (non-hydrogen) atoms. The second-order valence-corrected chi connectivity index (χ2v) is 10.5. The summed E-state index contributed by atoms with van der Waals surface area (Å²) in [7, 11) is 0.109. The number of aromatic nitrogens is 3. The first-order chi connectivity index (χ1) is 17.4. The number of fused-ring (bicyclic) bond motifs is 1. The lowest BCUT2D eigenvalue weighted by Gasteiger charge is -2.31. The first-order valence-electron chi connectivity index (χ1n) is 12.5. The highest BCUT2D eigenvalue weighted by Gasteiger charge is 2.32. The van der Waals surface area contributed by atoms with Crippen LogP contribution in [0.2, 0.25) is 0 Å². The van der Waals surface area contributed by atoms with Gasteiger partial charge in [-0.2, -0.15) is 0 Å². The molecule has 3 heterocycles. The van der Waals surface area contributed by atoms with Crippen LogP contribution < -0.4 is 16.6 Å². The van der Waals surface area contributed by atoms with Gasteiger partial charge in [0, 0.05) is 17.0 Å². The Labute approximate surface area is 216 Å². The smallest absolute Gasteiger partial charge is 0.337 e. The number of likely N-dealkylation sites (tertiary alicyclic amines) is 1. The summed E-state index contributed by atoms with van der Waals surface area (Å²) in [5.41, 5.74) is -0.367. The number of hydrogen-bond donors (Lipinski definition) is 1. The van der Waals surface area contributed by atoms with Crippen LogP contribution in [0.5, 0.6) is 0 Å². The molecule has 184 valence electrons. The molecule has 1 N–H and O–H groups in total. The largest absolute Gasteiger partial charge is 0.352 e. The van der Waals surface area contributed by atoms with Crippen molar-refractivity contribution in [1.82, 2.24) is 24.3 Å². The maximum absolute atomic E-state index is 14.1. The second-order valence-electron chi connectivity index (χ2n) is 9.28. The highest BCUT2D eigenvalue weighted by molar-refractivity contribution is 14.1. The van der Waals surface area contributed by atoms with Gasteiger partial charge in [0.25, 0.3) is 5.56 Å². The number of benzene rings is 1. The summed E-state index contributed by atoms with van der Waals surface area (Å²) < 4.78 is 25.2. The fourth-order valence-electron chi connectivity index (χ4n) is 5.25. The molecule has 0 spiro atoms. The monoisotopic (exact) mass is 592 g/mol. The number of rotatable bonds is 4. The third-order valence-corrected chi connectivity index (χ3v) is 7.70. The molecule has 0 unspecified atom stereocenters. The van der Waals surface area contributed by atoms with Crippen molar-refractivity contribution in [3.8, 4) is 5.69 Å². The standard InChI is InChI=1S/C25H27FIN5O3/c1-30-11-3-6-21(30)23(33)29-17-7-9-18(10-8-17)32-24(34)20-12-15(26)14-28-22(20)31(25(32)35)19-5-2-4-16(27)13-19/h2,4-5,12-14,17-18,21H,3,6-11H2,1H3,(H,29,33)/t17?,18?,21-/m0/s1/i1D. The van der Waals surface area contributed by atoms with Gasteiger partial charge >= 0.3 is 5.69 Å². The van der Waals surface area contributed by atoms with E-state index in [1.165, 1.54) is 9.13 Å². The van der Waals surface area contributed by atoms with Crippen LogP contribution in [0.1, 0.15) is 45.9 Å². The van der Waals surface area contributed by atoms with Gasteiger partial charge in [0.05, 0.1) is 23.3 Å². The van der Waals surface area contributed by atoms with Crippen LogP contribution in [0.25, 0.3) is 16.7 Å². The highest BCUT2D eigenvalue weighted by atomic mass is 127. The zero-order valence-corrected chi connectivity index (χ0v) is 21.3. The van der Waals surface area contributed by atoms with Crippen LogP contribution in [0, 0.1) is 9.39 Å². The van der Waals surface area contributed by atoms with Gasteiger partial charge in [-0.25, -0.2) is 18.7 Å². The minimum absolute atomic E-state index is 0.0462. The predicted octanol–water partition coefficient (Wildman–Crippen LogP) is 2.99. The maximum atomic E-state index is 14.1. The molecule has 3 aromatic rings. The SMILES string of the molecule is [2H]CN1CCC[C@H]1C(=O)NC1CCC(n2c(=O)c3cc(F)cnc3n(-c3cccc(I)c3)c2=O)CC1. The Balaban J connectivity index is 1.44. The normalized spacial score (nSPS) is 23.4. The molecule has 1 aliphatic heterocycles. The van der Waals surface area contributed by atoms with Gasteiger partial charge < -0.3 is 5.32 Å². The van der Waals surface area contributed by atoms with Crippen molar-refractivity contribution in [2.75, 3.05) is 13.6 Å². The van der Waals surface area contributed by atoms with Crippen molar-refractivity contribution in [1.29, 1.82) is 0 Å². The van der Waals surface area contributed by atoms with Crippen molar-refractivity contribution >= 4 is 39.5 Å². The number of hydrogen-bond acceptors (Lipinski definition) is 5. The number of nitrogens with one attached hydrogen (secondary N) is 1. The number of likely N-dealkylation sites (N-methyl/N-ethyl adjacent to an activating group) is 1. The first-order valence-corrected chi connectivity index (χ1v) is 12.9. The van der Waals surface area contributed by atoms with E-state index in [4.69, 9.17) is 1.37 Å². The number of pyridine rings is 1. The van der Waals surface area contributed by atoms with Crippen LogP contribution in [-0.2, 0) is 4.79 Å². The zero-order chi connectivity index (χ0) is 25.4. The summed E-state index contributed by atoms with van der Waals surface area (Å²) in [6.07, 6.45) is 5.00. The summed E-state index contributed by atoms with van der Waals surface area (Å²) in [5.74, 6) is -0.687. The average Bonchev–Trinajstić information content (AvgIpc) is 3.35. The molecule has 1 saturated heterocycles. The molecule has 1 atom stereocenters. The Morgan fingerprint density at radius 3 is 2.74 bits per heavy atom. The number of carbonyl (C=O) groups excluding carboxylic acids is 1. The minimum Gasteiger partial charge on any atom is -0.352 e. The van der Waals surface area contributed by atoms with E-state index in [0.29, 0.717) is 31.4 Å². The fourth-order valence-corrected chi connectivity index (χ4v) is 5.78. The van der Waals surface area contributed by atoms with Gasteiger partial charge in [0.1, 0.15) is 5.82 Å². The molecule has 0 radical (unpaired) electrons. The molecule has 2 aromatic heterocycles. The number of halogens is 2. The van der Waals surface area contributed by atoms with E-state index in [1.807, 2.05) is 23.1 Å². The van der Waals surface area contributed by atoms with E-state index < -0.39 is 17.1 Å². The lowest BCUT2D eigenvalue weighted by molar-refractivity contribution is -0.126. The molecule has 5 rings (SSSR count). The summed E-state index contributed by atoms with van der Waals surface area (Å²) >= 11 is 2.15. The van der Waals surface area contributed by atoms with Crippen LogP contribution in [-0.4, -0.2) is 50.6 Å². The topological polar surface area (TPSA) is 89.2 Å². The molecule has 1 amide bonds. The van der Waals surface area contributed by atoms with Crippen molar-refractivity contribution in [3.63, 3.8) is 0 Å².